The van der Waals surface area contributed by atoms with E-state index in [-0.39, 0.29) is 12.0 Å². The summed E-state index contributed by atoms with van der Waals surface area (Å²) in [4.78, 5) is 3.32. The van der Waals surface area contributed by atoms with Crippen molar-refractivity contribution < 1.29 is 29.9 Å². The van der Waals surface area contributed by atoms with Gasteiger partial charge in [0.1, 0.15) is 30.7 Å². The summed E-state index contributed by atoms with van der Waals surface area (Å²) >= 11 is 0. The predicted octanol–water partition coefficient (Wildman–Crippen LogP) is -0.519. The average Bonchev–Trinajstić information content (AvgIpc) is 3.24. The Hall–Kier alpha value is -1.94. The Bertz CT molecular complexity index is 927. The van der Waals surface area contributed by atoms with E-state index in [1.807, 2.05) is 12.1 Å². The van der Waals surface area contributed by atoms with Gasteiger partial charge in [0.05, 0.1) is 13.2 Å². The Morgan fingerprint density at radius 3 is 2.86 bits per heavy atom. The van der Waals surface area contributed by atoms with Crippen LogP contribution in [0.25, 0.3) is 10.9 Å². The molecule has 2 aromatic rings. The monoisotopic (exact) mass is 388 g/mol. The number of nitrogens with one attached hydrogen (secondary N) is 2. The number of aliphatic hydroxyl groups is 4. The second-order valence-electron chi connectivity index (χ2n) is 7.78. The second kappa shape index (κ2) is 6.55. The van der Waals surface area contributed by atoms with Crippen molar-refractivity contribution in [3.05, 3.63) is 47.4 Å². The normalized spacial score (nSPS) is 37.0. The van der Waals surface area contributed by atoms with E-state index in [1.54, 1.807) is 0 Å². The van der Waals surface area contributed by atoms with Crippen molar-refractivity contribution in [3.63, 3.8) is 0 Å². The molecule has 1 aromatic carbocycles. The molecule has 8 nitrogen and oxygen atoms in total. The summed E-state index contributed by atoms with van der Waals surface area (Å²) in [5.41, 5.74) is 3.58. The van der Waals surface area contributed by atoms with Crippen LogP contribution in [-0.4, -0.2) is 75.3 Å². The van der Waals surface area contributed by atoms with Crippen LogP contribution < -0.4 is 5.32 Å². The number of aromatic nitrogens is 1. The minimum Gasteiger partial charge on any atom is -0.460 e. The number of benzene rings is 1. The van der Waals surface area contributed by atoms with Crippen molar-refractivity contribution in [1.82, 2.24) is 10.3 Å². The Kier molecular flexibility index (Phi) is 4.24. The third-order valence-corrected chi connectivity index (χ3v) is 6.17. The van der Waals surface area contributed by atoms with E-state index in [0.717, 1.165) is 11.9 Å². The van der Waals surface area contributed by atoms with Crippen molar-refractivity contribution in [2.45, 2.75) is 42.5 Å². The quantitative estimate of drug-likeness (QED) is 0.416. The molecule has 8 heteroatoms. The first-order valence-corrected chi connectivity index (χ1v) is 9.54. The minimum atomic E-state index is -1.80. The van der Waals surface area contributed by atoms with Gasteiger partial charge in [-0.2, -0.15) is 0 Å². The van der Waals surface area contributed by atoms with E-state index in [0.29, 0.717) is 12.3 Å². The highest BCUT2D eigenvalue weighted by Crippen LogP contribution is 2.41. The topological polar surface area (TPSA) is 127 Å². The van der Waals surface area contributed by atoms with Gasteiger partial charge in [-0.25, -0.2) is 0 Å². The fraction of sp³-hybridized carbons (Fsp3) is 0.500. The molecule has 1 aliphatic carbocycles. The first-order chi connectivity index (χ1) is 13.6. The first-order valence-electron chi connectivity index (χ1n) is 9.54. The van der Waals surface area contributed by atoms with Crippen LogP contribution in [-0.2, 0) is 15.9 Å². The summed E-state index contributed by atoms with van der Waals surface area (Å²) in [6.07, 6.45) is 1.12. The van der Waals surface area contributed by atoms with Gasteiger partial charge in [0.25, 0.3) is 5.79 Å². The highest BCUT2D eigenvalue weighted by molar-refractivity contribution is 5.88. The van der Waals surface area contributed by atoms with E-state index in [9.17, 15) is 20.4 Å². The smallest absolute Gasteiger partial charge is 0.262 e. The van der Waals surface area contributed by atoms with Crippen molar-refractivity contribution in [1.29, 1.82) is 0 Å². The molecule has 0 saturated carbocycles. The molecule has 6 N–H and O–H groups in total. The lowest BCUT2D eigenvalue weighted by Crippen LogP contribution is -2.50. The van der Waals surface area contributed by atoms with Gasteiger partial charge in [-0.3, -0.25) is 0 Å². The van der Waals surface area contributed by atoms with Crippen molar-refractivity contribution in [3.8, 4) is 0 Å². The lowest BCUT2D eigenvalue weighted by atomic mass is 9.78. The van der Waals surface area contributed by atoms with Gasteiger partial charge in [-0.1, -0.05) is 12.1 Å². The highest BCUT2D eigenvalue weighted by Gasteiger charge is 2.56. The molecule has 0 amide bonds. The highest BCUT2D eigenvalue weighted by atomic mass is 16.7. The minimum absolute atomic E-state index is 0.0728. The lowest BCUT2D eigenvalue weighted by molar-refractivity contribution is -0.259. The average molecular weight is 388 g/mol. The summed E-state index contributed by atoms with van der Waals surface area (Å²) < 4.78 is 11.4. The van der Waals surface area contributed by atoms with Gasteiger partial charge < -0.3 is 40.2 Å². The molecule has 1 fully saturated rings. The largest absolute Gasteiger partial charge is 0.460 e. The number of aromatic amines is 1. The van der Waals surface area contributed by atoms with Crippen LogP contribution in [0, 0.1) is 0 Å². The summed E-state index contributed by atoms with van der Waals surface area (Å²) in [5, 5.41) is 44.3. The number of hydrogen-bond donors (Lipinski definition) is 6. The molecule has 6 atom stereocenters. The van der Waals surface area contributed by atoms with Gasteiger partial charge >= 0.3 is 0 Å². The first kappa shape index (κ1) is 18.1. The summed E-state index contributed by atoms with van der Waals surface area (Å²) in [6, 6.07) is 6.40. The summed E-state index contributed by atoms with van der Waals surface area (Å²) in [7, 11) is 0. The summed E-state index contributed by atoms with van der Waals surface area (Å²) in [5.74, 6) is -1.20. The van der Waals surface area contributed by atoms with Crippen LogP contribution in [0.3, 0.4) is 0 Å². The maximum Gasteiger partial charge on any atom is 0.262 e. The zero-order chi connectivity index (χ0) is 19.5. The maximum atomic E-state index is 10.4. The molecule has 3 heterocycles. The zero-order valence-corrected chi connectivity index (χ0v) is 15.2. The number of rotatable bonds is 4. The van der Waals surface area contributed by atoms with Crippen LogP contribution >= 0.6 is 0 Å². The van der Waals surface area contributed by atoms with Crippen molar-refractivity contribution in [2.75, 3.05) is 19.8 Å². The van der Waals surface area contributed by atoms with Gasteiger partial charge in [0.2, 0.25) is 0 Å². The zero-order valence-electron chi connectivity index (χ0n) is 15.2. The maximum absolute atomic E-state index is 10.4. The third-order valence-electron chi connectivity index (χ3n) is 6.17. The van der Waals surface area contributed by atoms with Crippen LogP contribution in [0.4, 0.5) is 0 Å². The molecular formula is C20H24N2O6. The van der Waals surface area contributed by atoms with Gasteiger partial charge in [0.15, 0.2) is 0 Å². The van der Waals surface area contributed by atoms with E-state index < -0.39 is 37.3 Å². The fourth-order valence-corrected chi connectivity index (χ4v) is 4.75. The lowest BCUT2D eigenvalue weighted by Gasteiger charge is -2.38. The molecule has 0 spiro atoms. The molecule has 1 aromatic heterocycles. The van der Waals surface area contributed by atoms with Crippen LogP contribution in [0.15, 0.2) is 36.2 Å². The molecule has 5 rings (SSSR count). The molecule has 0 bridgehead atoms. The molecule has 1 saturated heterocycles. The molecule has 2 aliphatic heterocycles. The molecule has 3 aliphatic rings. The van der Waals surface area contributed by atoms with E-state index in [1.165, 1.54) is 16.5 Å². The molecule has 28 heavy (non-hydrogen) atoms. The summed E-state index contributed by atoms with van der Waals surface area (Å²) in [6.45, 7) is -0.719. The molecule has 6 unspecified atom stereocenters. The van der Waals surface area contributed by atoms with E-state index >= 15 is 0 Å². The van der Waals surface area contributed by atoms with Crippen LogP contribution in [0.1, 0.15) is 17.0 Å². The van der Waals surface area contributed by atoms with Gasteiger partial charge in [-0.15, -0.1) is 0 Å². The number of hydrogen-bond acceptors (Lipinski definition) is 7. The van der Waals surface area contributed by atoms with E-state index in [2.05, 4.69) is 28.6 Å². The Balaban J connectivity index is 1.48. The predicted molar refractivity (Wildman–Crippen MR) is 99.5 cm³/mol. The molecule has 0 radical (unpaired) electrons. The Morgan fingerprint density at radius 2 is 2.11 bits per heavy atom. The standard InChI is InChI=1S/C20H24N2O6/c23-8-16-18(25)19(26)20(9-24,28-16)27-11-5-13-12-2-1-3-14-17(12)10(6-21-14)4-15(13)22-7-11/h1-3,5-6,13,15-16,18-19,21-26H,4,7-9H2. The van der Waals surface area contributed by atoms with Crippen molar-refractivity contribution >= 4 is 10.9 Å². The Labute approximate surface area is 161 Å². The van der Waals surface area contributed by atoms with E-state index in [4.69, 9.17) is 9.47 Å². The van der Waals surface area contributed by atoms with Crippen LogP contribution in [0.5, 0.6) is 0 Å². The van der Waals surface area contributed by atoms with Crippen LogP contribution in [0.2, 0.25) is 0 Å². The Morgan fingerprint density at radius 1 is 1.25 bits per heavy atom. The number of H-pyrrole nitrogens is 1. The molecule has 150 valence electrons. The second-order valence-corrected chi connectivity index (χ2v) is 7.78. The van der Waals surface area contributed by atoms with Crippen molar-refractivity contribution in [2.24, 2.45) is 0 Å². The SMILES string of the molecule is OCC1OC(CO)(OC2=CC3c4cccc5[nH]cc(c45)CC3NC2)C(O)C1O. The third kappa shape index (κ3) is 2.53. The molecular weight excluding hydrogens is 364 g/mol. The van der Waals surface area contributed by atoms with Gasteiger partial charge in [0, 0.05) is 29.1 Å². The van der Waals surface area contributed by atoms with Gasteiger partial charge in [-0.05, 0) is 29.7 Å². The number of ether oxygens (including phenoxy) is 2. The number of aliphatic hydroxyl groups excluding tert-OH is 4. The number of fused-ring (bicyclic) bond motifs is 2. The fourth-order valence-electron chi connectivity index (χ4n) is 4.75.